The number of pyridine rings is 1. The summed E-state index contributed by atoms with van der Waals surface area (Å²) in [6.07, 6.45) is 5.13. The van der Waals surface area contributed by atoms with Crippen molar-refractivity contribution in [3.63, 3.8) is 0 Å². The molecular formula is C24H25ClN4O4. The van der Waals surface area contributed by atoms with Gasteiger partial charge in [0.15, 0.2) is 5.75 Å². The van der Waals surface area contributed by atoms with Gasteiger partial charge in [-0.2, -0.15) is 0 Å². The van der Waals surface area contributed by atoms with E-state index in [4.69, 9.17) is 25.8 Å². The molecule has 9 heteroatoms. The lowest BCUT2D eigenvalue weighted by Crippen LogP contribution is -2.39. The number of hydrogen-bond acceptors (Lipinski definition) is 6. The number of carbonyl (C=O) groups excluding carboxylic acids is 1. The Labute approximate surface area is 196 Å². The predicted molar refractivity (Wildman–Crippen MR) is 126 cm³/mol. The van der Waals surface area contributed by atoms with Crippen molar-refractivity contribution in [1.29, 1.82) is 0 Å². The molecule has 33 heavy (non-hydrogen) atoms. The summed E-state index contributed by atoms with van der Waals surface area (Å²) in [6, 6.07) is 7.33. The zero-order valence-electron chi connectivity index (χ0n) is 18.4. The van der Waals surface area contributed by atoms with Crippen LogP contribution in [0.25, 0.3) is 11.3 Å². The van der Waals surface area contributed by atoms with Gasteiger partial charge in [-0.25, -0.2) is 0 Å². The van der Waals surface area contributed by atoms with Crippen LogP contribution in [-0.2, 0) is 11.2 Å². The van der Waals surface area contributed by atoms with Gasteiger partial charge in [0.05, 0.1) is 47.1 Å². The molecule has 3 aromatic rings. The number of halogens is 1. The van der Waals surface area contributed by atoms with Crippen molar-refractivity contribution in [3.05, 3.63) is 52.9 Å². The topological polar surface area (TPSA) is 97.5 Å². The molecule has 2 atom stereocenters. The van der Waals surface area contributed by atoms with E-state index in [2.05, 4.69) is 20.6 Å². The Morgan fingerprint density at radius 2 is 2.18 bits per heavy atom. The first-order valence-corrected chi connectivity index (χ1v) is 11.3. The van der Waals surface area contributed by atoms with Gasteiger partial charge >= 0.3 is 0 Å². The van der Waals surface area contributed by atoms with Gasteiger partial charge in [0.25, 0.3) is 5.91 Å². The minimum Gasteiger partial charge on any atom is -0.493 e. The third-order valence-electron chi connectivity index (χ3n) is 5.90. The van der Waals surface area contributed by atoms with Gasteiger partial charge in [-0.3, -0.25) is 9.78 Å². The van der Waals surface area contributed by atoms with Gasteiger partial charge in [0.1, 0.15) is 12.4 Å². The number of amides is 1. The molecule has 0 spiro atoms. The summed E-state index contributed by atoms with van der Waals surface area (Å²) in [6.45, 7) is 3.19. The van der Waals surface area contributed by atoms with Gasteiger partial charge in [0, 0.05) is 42.9 Å². The number of methoxy groups -OCH3 is 1. The standard InChI is InChI=1S/C24H25ClN4O4/c1-13-10-18-20(24(30)27-13)22(28-17-5-3-4-16(25)23(17)31-2)21(29-18)15-6-8-26-11-19(15)33-12-14-7-9-32-14/h3-6,8,11,13-14,28-29H,7,9-10,12H2,1-2H3,(H,27,30)/t13-,14+/m1/s1. The molecule has 3 N–H and O–H groups in total. The molecule has 0 unspecified atom stereocenters. The average molecular weight is 469 g/mol. The van der Waals surface area contributed by atoms with Crippen molar-refractivity contribution in [3.8, 4) is 22.8 Å². The summed E-state index contributed by atoms with van der Waals surface area (Å²) in [5.74, 6) is 0.966. The third-order valence-corrected chi connectivity index (χ3v) is 6.19. The maximum Gasteiger partial charge on any atom is 0.255 e. The Balaban J connectivity index is 1.61. The first-order valence-electron chi connectivity index (χ1n) is 10.9. The highest BCUT2D eigenvalue weighted by Crippen LogP contribution is 2.43. The van der Waals surface area contributed by atoms with Crippen molar-refractivity contribution in [2.45, 2.75) is 31.9 Å². The highest BCUT2D eigenvalue weighted by Gasteiger charge is 2.31. The van der Waals surface area contributed by atoms with E-state index in [1.54, 1.807) is 25.6 Å². The monoisotopic (exact) mass is 468 g/mol. The lowest BCUT2D eigenvalue weighted by Gasteiger charge is -2.26. The number of hydrogen-bond donors (Lipinski definition) is 3. The Kier molecular flexibility index (Phi) is 5.86. The number of anilines is 2. The van der Waals surface area contributed by atoms with E-state index < -0.39 is 0 Å². The Morgan fingerprint density at radius 1 is 1.33 bits per heavy atom. The van der Waals surface area contributed by atoms with E-state index in [9.17, 15) is 4.79 Å². The maximum atomic E-state index is 13.0. The van der Waals surface area contributed by atoms with Crippen LogP contribution in [0, 0.1) is 0 Å². The van der Waals surface area contributed by atoms with Crippen LogP contribution in [0.5, 0.6) is 11.5 Å². The van der Waals surface area contributed by atoms with E-state index in [-0.39, 0.29) is 18.1 Å². The number of para-hydroxylation sites is 1. The number of benzene rings is 1. The van der Waals surface area contributed by atoms with Gasteiger partial charge in [-0.1, -0.05) is 17.7 Å². The molecule has 1 aromatic carbocycles. The zero-order valence-corrected chi connectivity index (χ0v) is 19.2. The second kappa shape index (κ2) is 8.96. The third kappa shape index (κ3) is 4.12. The van der Waals surface area contributed by atoms with Crippen LogP contribution in [0.1, 0.15) is 29.4 Å². The fourth-order valence-electron chi connectivity index (χ4n) is 4.19. The zero-order chi connectivity index (χ0) is 22.9. The second-order valence-electron chi connectivity index (χ2n) is 8.22. The molecular weight excluding hydrogens is 444 g/mol. The van der Waals surface area contributed by atoms with Crippen molar-refractivity contribution < 1.29 is 19.0 Å². The first kappa shape index (κ1) is 21.6. The molecule has 172 valence electrons. The quantitative estimate of drug-likeness (QED) is 0.477. The van der Waals surface area contributed by atoms with Gasteiger partial charge in [-0.05, 0) is 25.1 Å². The summed E-state index contributed by atoms with van der Waals surface area (Å²) in [7, 11) is 1.56. The molecule has 1 amide bonds. The fourth-order valence-corrected chi connectivity index (χ4v) is 4.44. The van der Waals surface area contributed by atoms with Crippen LogP contribution in [0.4, 0.5) is 11.4 Å². The first-order chi connectivity index (χ1) is 16.0. The minimum absolute atomic E-state index is 0.0222. The number of nitrogens with one attached hydrogen (secondary N) is 3. The van der Waals surface area contributed by atoms with E-state index in [0.717, 1.165) is 30.0 Å². The molecule has 4 heterocycles. The summed E-state index contributed by atoms with van der Waals surface area (Å²) in [5.41, 5.74) is 4.23. The van der Waals surface area contributed by atoms with Crippen LogP contribution in [-0.4, -0.2) is 48.3 Å². The molecule has 0 bridgehead atoms. The predicted octanol–water partition coefficient (Wildman–Crippen LogP) is 4.32. The lowest BCUT2D eigenvalue weighted by molar-refractivity contribution is -0.0720. The number of aromatic amines is 1. The molecule has 5 rings (SSSR count). The number of nitrogens with zero attached hydrogens (tertiary/aromatic N) is 1. The largest absolute Gasteiger partial charge is 0.493 e. The normalized spacial score (nSPS) is 19.3. The van der Waals surface area contributed by atoms with E-state index in [1.165, 1.54) is 0 Å². The van der Waals surface area contributed by atoms with Crippen molar-refractivity contribution in [2.75, 3.05) is 25.6 Å². The van der Waals surface area contributed by atoms with Crippen molar-refractivity contribution in [1.82, 2.24) is 15.3 Å². The second-order valence-corrected chi connectivity index (χ2v) is 8.62. The number of rotatable bonds is 7. The molecule has 0 aliphatic carbocycles. The smallest absolute Gasteiger partial charge is 0.255 e. The molecule has 2 aliphatic rings. The van der Waals surface area contributed by atoms with Crippen LogP contribution in [0.2, 0.25) is 5.02 Å². The number of carbonyl (C=O) groups is 1. The fraction of sp³-hybridized carbons (Fsp3) is 0.333. The Hall–Kier alpha value is -3.23. The summed E-state index contributed by atoms with van der Waals surface area (Å²) < 4.78 is 17.1. The maximum absolute atomic E-state index is 13.0. The molecule has 8 nitrogen and oxygen atoms in total. The van der Waals surface area contributed by atoms with Crippen molar-refractivity contribution >= 4 is 28.9 Å². The molecule has 1 fully saturated rings. The lowest BCUT2D eigenvalue weighted by atomic mass is 10.0. The van der Waals surface area contributed by atoms with Crippen LogP contribution in [0.15, 0.2) is 36.7 Å². The van der Waals surface area contributed by atoms with Gasteiger partial charge in [-0.15, -0.1) is 0 Å². The van der Waals surface area contributed by atoms with Crippen LogP contribution in [0.3, 0.4) is 0 Å². The molecule has 1 saturated heterocycles. The number of aromatic nitrogens is 2. The Bertz CT molecular complexity index is 1190. The van der Waals surface area contributed by atoms with Gasteiger partial charge in [0.2, 0.25) is 0 Å². The van der Waals surface area contributed by atoms with Gasteiger partial charge < -0.3 is 29.8 Å². The highest BCUT2D eigenvalue weighted by molar-refractivity contribution is 6.32. The number of fused-ring (bicyclic) bond motifs is 1. The number of ether oxygens (including phenoxy) is 3. The highest BCUT2D eigenvalue weighted by atomic mass is 35.5. The minimum atomic E-state index is -0.144. The molecule has 0 saturated carbocycles. The molecule has 2 aliphatic heterocycles. The Morgan fingerprint density at radius 3 is 2.94 bits per heavy atom. The summed E-state index contributed by atoms with van der Waals surface area (Å²) in [4.78, 5) is 20.7. The number of H-pyrrole nitrogens is 1. The van der Waals surface area contributed by atoms with E-state index in [0.29, 0.717) is 46.5 Å². The average Bonchev–Trinajstić information content (AvgIpc) is 3.11. The molecule has 2 aromatic heterocycles. The van der Waals surface area contributed by atoms with Crippen LogP contribution >= 0.6 is 11.6 Å². The SMILES string of the molecule is COc1c(Cl)cccc1Nc1c(-c2ccncc2OC[C@@H]2CCO2)[nH]c2c1C(=O)N[C@H](C)C2. The van der Waals surface area contributed by atoms with E-state index >= 15 is 0 Å². The summed E-state index contributed by atoms with van der Waals surface area (Å²) >= 11 is 6.34. The molecule has 0 radical (unpaired) electrons. The van der Waals surface area contributed by atoms with Crippen LogP contribution < -0.4 is 20.1 Å². The van der Waals surface area contributed by atoms with E-state index in [1.807, 2.05) is 25.1 Å². The summed E-state index contributed by atoms with van der Waals surface area (Å²) in [5, 5.41) is 6.89. The van der Waals surface area contributed by atoms with Crippen molar-refractivity contribution in [2.24, 2.45) is 0 Å².